The topological polar surface area (TPSA) is 18.5 Å². The van der Waals surface area contributed by atoms with Gasteiger partial charge in [-0.25, -0.2) is 0 Å². The largest absolute Gasteiger partial charge is 0.317 e. The molecule has 0 aliphatic heterocycles. The molecule has 98 valence electrons. The molecule has 1 N–H and O–H groups in total. The highest BCUT2D eigenvalue weighted by Crippen LogP contribution is 2.01. The maximum absolute atomic E-state index is 3.28. The van der Waals surface area contributed by atoms with Crippen LogP contribution in [0.15, 0.2) is 0 Å². The molecule has 0 saturated heterocycles. The summed E-state index contributed by atoms with van der Waals surface area (Å²) in [6.45, 7) is 5.91. The highest BCUT2D eigenvalue weighted by Gasteiger charge is 2.01. The van der Waals surface area contributed by atoms with Gasteiger partial charge in [0.05, 0.1) is 0 Å². The SMILES string of the molecule is CNC(C)CCCCN(C)CCCN(C)C. The molecule has 0 radical (unpaired) electrons. The van der Waals surface area contributed by atoms with Gasteiger partial charge in [0.2, 0.25) is 0 Å². The van der Waals surface area contributed by atoms with Crippen LogP contribution < -0.4 is 5.32 Å². The van der Waals surface area contributed by atoms with Gasteiger partial charge in [-0.2, -0.15) is 0 Å². The number of nitrogens with zero attached hydrogens (tertiary/aromatic N) is 2. The van der Waals surface area contributed by atoms with E-state index in [2.05, 4.69) is 43.2 Å². The highest BCUT2D eigenvalue weighted by molar-refractivity contribution is 4.59. The van der Waals surface area contributed by atoms with Crippen LogP contribution in [0.1, 0.15) is 32.6 Å². The number of rotatable bonds is 10. The normalized spacial score (nSPS) is 13.7. The van der Waals surface area contributed by atoms with Crippen LogP contribution in [0.4, 0.5) is 0 Å². The zero-order chi connectivity index (χ0) is 12.4. The predicted molar refractivity (Wildman–Crippen MR) is 73.0 cm³/mol. The van der Waals surface area contributed by atoms with Crippen LogP contribution in [-0.4, -0.2) is 63.7 Å². The van der Waals surface area contributed by atoms with Gasteiger partial charge in [0.25, 0.3) is 0 Å². The van der Waals surface area contributed by atoms with Crippen molar-refractivity contribution in [3.8, 4) is 0 Å². The minimum absolute atomic E-state index is 0.666. The summed E-state index contributed by atoms with van der Waals surface area (Å²) in [6, 6.07) is 0.666. The van der Waals surface area contributed by atoms with Gasteiger partial charge in [0.1, 0.15) is 0 Å². The van der Waals surface area contributed by atoms with Crippen molar-refractivity contribution < 1.29 is 0 Å². The Morgan fingerprint density at radius 1 is 0.938 bits per heavy atom. The number of nitrogens with one attached hydrogen (secondary N) is 1. The van der Waals surface area contributed by atoms with Gasteiger partial charge < -0.3 is 15.1 Å². The number of unbranched alkanes of at least 4 members (excludes halogenated alkanes) is 1. The van der Waals surface area contributed by atoms with Crippen molar-refractivity contribution in [2.24, 2.45) is 0 Å². The average molecular weight is 229 g/mol. The summed E-state index contributed by atoms with van der Waals surface area (Å²) in [5.74, 6) is 0. The lowest BCUT2D eigenvalue weighted by Gasteiger charge is -2.18. The van der Waals surface area contributed by atoms with Gasteiger partial charge in [0, 0.05) is 6.04 Å². The minimum Gasteiger partial charge on any atom is -0.317 e. The smallest absolute Gasteiger partial charge is 0.00357 e. The van der Waals surface area contributed by atoms with Crippen LogP contribution in [-0.2, 0) is 0 Å². The van der Waals surface area contributed by atoms with Crippen LogP contribution >= 0.6 is 0 Å². The second kappa shape index (κ2) is 10.1. The van der Waals surface area contributed by atoms with Crippen molar-refractivity contribution in [3.05, 3.63) is 0 Å². The Morgan fingerprint density at radius 2 is 1.56 bits per heavy atom. The summed E-state index contributed by atoms with van der Waals surface area (Å²) >= 11 is 0. The van der Waals surface area contributed by atoms with Crippen molar-refractivity contribution in [1.82, 2.24) is 15.1 Å². The molecule has 16 heavy (non-hydrogen) atoms. The van der Waals surface area contributed by atoms with Crippen LogP contribution in [0.3, 0.4) is 0 Å². The van der Waals surface area contributed by atoms with Crippen LogP contribution in [0.25, 0.3) is 0 Å². The third-order valence-electron chi connectivity index (χ3n) is 3.06. The second-order valence-electron chi connectivity index (χ2n) is 5.15. The van der Waals surface area contributed by atoms with Crippen molar-refractivity contribution in [2.75, 3.05) is 47.8 Å². The molecule has 3 nitrogen and oxygen atoms in total. The fourth-order valence-corrected chi connectivity index (χ4v) is 1.75. The molecule has 0 aliphatic rings. The van der Waals surface area contributed by atoms with E-state index in [1.54, 1.807) is 0 Å². The zero-order valence-corrected chi connectivity index (χ0v) is 11.9. The molecular weight excluding hydrogens is 198 g/mol. The fourth-order valence-electron chi connectivity index (χ4n) is 1.75. The first-order valence-corrected chi connectivity index (χ1v) is 6.56. The lowest BCUT2D eigenvalue weighted by molar-refractivity contribution is 0.293. The molecule has 3 heteroatoms. The fraction of sp³-hybridized carbons (Fsp3) is 1.00. The molecule has 0 saturated carbocycles. The highest BCUT2D eigenvalue weighted by atomic mass is 15.1. The summed E-state index contributed by atoms with van der Waals surface area (Å²) < 4.78 is 0. The molecule has 0 aromatic carbocycles. The van der Waals surface area contributed by atoms with E-state index < -0.39 is 0 Å². The quantitative estimate of drug-likeness (QED) is 0.575. The molecule has 0 aromatic rings. The molecule has 0 aliphatic carbocycles. The van der Waals surface area contributed by atoms with Crippen molar-refractivity contribution in [2.45, 2.75) is 38.6 Å². The summed E-state index contributed by atoms with van der Waals surface area (Å²) in [7, 11) is 8.55. The van der Waals surface area contributed by atoms with Gasteiger partial charge in [-0.15, -0.1) is 0 Å². The summed E-state index contributed by atoms with van der Waals surface area (Å²) in [4.78, 5) is 4.70. The molecule has 0 heterocycles. The molecule has 0 amide bonds. The van der Waals surface area contributed by atoms with E-state index in [1.807, 2.05) is 7.05 Å². The average Bonchev–Trinajstić information content (AvgIpc) is 2.23. The first kappa shape index (κ1) is 15.9. The Balaban J connectivity index is 3.26. The van der Waals surface area contributed by atoms with E-state index in [0.29, 0.717) is 6.04 Å². The van der Waals surface area contributed by atoms with E-state index in [1.165, 1.54) is 45.3 Å². The lowest BCUT2D eigenvalue weighted by Crippen LogP contribution is -2.25. The summed E-state index contributed by atoms with van der Waals surface area (Å²) in [5.41, 5.74) is 0. The first-order valence-electron chi connectivity index (χ1n) is 6.56. The van der Waals surface area contributed by atoms with E-state index in [4.69, 9.17) is 0 Å². The van der Waals surface area contributed by atoms with Crippen LogP contribution in [0, 0.1) is 0 Å². The lowest BCUT2D eigenvalue weighted by atomic mass is 10.1. The molecule has 1 unspecified atom stereocenters. The number of hydrogen-bond acceptors (Lipinski definition) is 3. The Morgan fingerprint density at radius 3 is 2.12 bits per heavy atom. The van der Waals surface area contributed by atoms with Gasteiger partial charge in [-0.3, -0.25) is 0 Å². The summed E-state index contributed by atoms with van der Waals surface area (Å²) in [6.07, 6.45) is 5.23. The standard InChI is InChI=1S/C13H31N3/c1-13(14-2)9-6-7-11-16(5)12-8-10-15(3)4/h13-14H,6-12H2,1-5H3. The first-order chi connectivity index (χ1) is 7.56. The Bertz CT molecular complexity index is 148. The molecule has 0 aromatic heterocycles. The van der Waals surface area contributed by atoms with E-state index in [-0.39, 0.29) is 0 Å². The maximum atomic E-state index is 3.28. The Kier molecular flexibility index (Phi) is 9.99. The molecule has 1 atom stereocenters. The molecule has 0 fully saturated rings. The van der Waals surface area contributed by atoms with E-state index >= 15 is 0 Å². The van der Waals surface area contributed by atoms with Crippen LogP contribution in [0.2, 0.25) is 0 Å². The molecule has 0 spiro atoms. The Hall–Kier alpha value is -0.120. The van der Waals surface area contributed by atoms with Crippen LogP contribution in [0.5, 0.6) is 0 Å². The zero-order valence-electron chi connectivity index (χ0n) is 11.9. The van der Waals surface area contributed by atoms with Crippen molar-refractivity contribution >= 4 is 0 Å². The third-order valence-corrected chi connectivity index (χ3v) is 3.06. The Labute approximate surface area is 102 Å². The van der Waals surface area contributed by atoms with E-state index in [0.717, 1.165) is 0 Å². The van der Waals surface area contributed by atoms with Gasteiger partial charge >= 0.3 is 0 Å². The van der Waals surface area contributed by atoms with Crippen molar-refractivity contribution in [1.29, 1.82) is 0 Å². The second-order valence-corrected chi connectivity index (χ2v) is 5.15. The van der Waals surface area contributed by atoms with Crippen molar-refractivity contribution in [3.63, 3.8) is 0 Å². The third kappa shape index (κ3) is 10.4. The monoisotopic (exact) mass is 229 g/mol. The molecule has 0 rings (SSSR count). The number of hydrogen-bond donors (Lipinski definition) is 1. The van der Waals surface area contributed by atoms with Gasteiger partial charge in [-0.1, -0.05) is 6.42 Å². The van der Waals surface area contributed by atoms with E-state index in [9.17, 15) is 0 Å². The predicted octanol–water partition coefficient (Wildman–Crippen LogP) is 1.65. The molecule has 0 bridgehead atoms. The van der Waals surface area contributed by atoms with Gasteiger partial charge in [0.15, 0.2) is 0 Å². The summed E-state index contributed by atoms with van der Waals surface area (Å²) in [5, 5.41) is 3.28. The van der Waals surface area contributed by atoms with Gasteiger partial charge in [-0.05, 0) is 74.0 Å². The maximum Gasteiger partial charge on any atom is 0.00357 e. The minimum atomic E-state index is 0.666. The molecular formula is C13H31N3.